The van der Waals surface area contributed by atoms with Crippen LogP contribution in [-0.2, 0) is 4.79 Å². The summed E-state index contributed by atoms with van der Waals surface area (Å²) in [6, 6.07) is 9.52. The van der Waals surface area contributed by atoms with Crippen LogP contribution < -0.4 is 26.2 Å². The normalized spacial score (nSPS) is 12.5. The standard InChI is InChI=1S/C25H22ClF2N7O2/c1-2-34-24-18(8-15(26)12-33-24)17-4-3-14(11-29)7-21(17)35(25(34)37)23-19(27)9-16(10-20(23)28)32-6-5-31-13-22(30)36/h3-4,7-10,12,31-32H,2,5-6,13H2,1H3,(H2,30,36). The van der Waals surface area contributed by atoms with Crippen LogP contribution in [0.5, 0.6) is 0 Å². The summed E-state index contributed by atoms with van der Waals surface area (Å²) in [7, 11) is 0. The number of anilines is 4. The van der Waals surface area contributed by atoms with Crippen LogP contribution in [0, 0.1) is 23.0 Å². The van der Waals surface area contributed by atoms with Crippen molar-refractivity contribution >= 4 is 46.4 Å². The molecule has 0 aliphatic carbocycles. The SMILES string of the molecule is CCN1C(=O)N(c2c(F)cc(NCCNCC(N)=O)cc2F)c2cc(C#N)ccc2-c2cc(Cl)cnc21. The predicted octanol–water partition coefficient (Wildman–Crippen LogP) is 4.14. The summed E-state index contributed by atoms with van der Waals surface area (Å²) in [6.45, 7) is 2.41. The lowest BCUT2D eigenvalue weighted by atomic mass is 10.0. The Morgan fingerprint density at radius 1 is 1.16 bits per heavy atom. The van der Waals surface area contributed by atoms with E-state index in [4.69, 9.17) is 17.3 Å². The number of hydrogen-bond acceptors (Lipinski definition) is 6. The zero-order valence-electron chi connectivity index (χ0n) is 19.7. The van der Waals surface area contributed by atoms with Gasteiger partial charge in [0, 0.05) is 42.6 Å². The third kappa shape index (κ3) is 5.16. The number of nitrogens with one attached hydrogen (secondary N) is 2. The Hall–Kier alpha value is -4.27. The van der Waals surface area contributed by atoms with Crippen LogP contribution in [0.3, 0.4) is 0 Å². The van der Waals surface area contributed by atoms with Gasteiger partial charge in [0.25, 0.3) is 0 Å². The number of nitriles is 1. The summed E-state index contributed by atoms with van der Waals surface area (Å²) in [6.07, 6.45) is 1.38. The third-order valence-corrected chi connectivity index (χ3v) is 5.86. The molecule has 0 saturated heterocycles. The second kappa shape index (κ2) is 10.8. The maximum absolute atomic E-state index is 15.5. The second-order valence-corrected chi connectivity index (χ2v) is 8.53. The highest BCUT2D eigenvalue weighted by molar-refractivity contribution is 6.31. The number of amides is 3. The first-order chi connectivity index (χ1) is 17.7. The van der Waals surface area contributed by atoms with E-state index in [1.807, 2.05) is 6.07 Å². The molecule has 4 N–H and O–H groups in total. The average Bonchev–Trinajstić information content (AvgIpc) is 2.95. The van der Waals surface area contributed by atoms with Crippen LogP contribution in [0.25, 0.3) is 11.1 Å². The first-order valence-corrected chi connectivity index (χ1v) is 11.7. The summed E-state index contributed by atoms with van der Waals surface area (Å²) >= 11 is 6.19. The summed E-state index contributed by atoms with van der Waals surface area (Å²) in [5.74, 6) is -2.25. The number of urea groups is 1. The van der Waals surface area contributed by atoms with Crippen LogP contribution in [0.1, 0.15) is 12.5 Å². The molecular formula is C25H22ClF2N7O2. The van der Waals surface area contributed by atoms with Crippen LogP contribution in [0.15, 0.2) is 42.6 Å². The van der Waals surface area contributed by atoms with Crippen LogP contribution >= 0.6 is 11.6 Å². The Bertz CT molecular complexity index is 1400. The Labute approximate surface area is 216 Å². The number of nitrogens with two attached hydrogens (primary N) is 1. The molecule has 2 aromatic carbocycles. The predicted molar refractivity (Wildman–Crippen MR) is 137 cm³/mol. The Kier molecular flexibility index (Phi) is 7.52. The van der Waals surface area contributed by atoms with Gasteiger partial charge in [-0.1, -0.05) is 17.7 Å². The fraction of sp³-hybridized carbons (Fsp3) is 0.200. The van der Waals surface area contributed by atoms with Gasteiger partial charge in [0.1, 0.15) is 11.5 Å². The highest BCUT2D eigenvalue weighted by Gasteiger charge is 2.36. The summed E-state index contributed by atoms with van der Waals surface area (Å²) < 4.78 is 31.0. The molecule has 12 heteroatoms. The number of primary amides is 1. The molecule has 4 rings (SSSR count). The Morgan fingerprint density at radius 3 is 2.54 bits per heavy atom. The van der Waals surface area contributed by atoms with Crippen LogP contribution in [0.4, 0.5) is 36.5 Å². The molecule has 0 saturated carbocycles. The quantitative estimate of drug-likeness (QED) is 0.379. The van der Waals surface area contributed by atoms with Crippen molar-refractivity contribution in [1.82, 2.24) is 10.3 Å². The number of hydrogen-bond donors (Lipinski definition) is 3. The molecule has 0 unspecified atom stereocenters. The lowest BCUT2D eigenvalue weighted by Crippen LogP contribution is -2.41. The van der Waals surface area contributed by atoms with E-state index in [0.29, 0.717) is 22.7 Å². The van der Waals surface area contributed by atoms with E-state index < -0.39 is 29.3 Å². The molecule has 9 nitrogen and oxygen atoms in total. The monoisotopic (exact) mass is 525 g/mol. The number of halogens is 3. The number of rotatable bonds is 8. The minimum atomic E-state index is -0.998. The number of aromatic nitrogens is 1. The van der Waals surface area contributed by atoms with Crippen molar-refractivity contribution in [1.29, 1.82) is 5.26 Å². The van der Waals surface area contributed by atoms with Gasteiger partial charge in [-0.2, -0.15) is 5.26 Å². The highest BCUT2D eigenvalue weighted by atomic mass is 35.5. The summed E-state index contributed by atoms with van der Waals surface area (Å²) in [5.41, 5.74) is 5.80. The molecule has 190 valence electrons. The van der Waals surface area contributed by atoms with Gasteiger partial charge in [0.05, 0.1) is 28.9 Å². The first kappa shape index (κ1) is 25.8. The Morgan fingerprint density at radius 2 is 1.89 bits per heavy atom. The number of pyridine rings is 1. The van der Waals surface area contributed by atoms with E-state index in [9.17, 15) is 14.9 Å². The van der Waals surface area contributed by atoms with Crippen molar-refractivity contribution in [2.75, 3.05) is 41.3 Å². The molecule has 37 heavy (non-hydrogen) atoms. The van der Waals surface area contributed by atoms with Gasteiger partial charge in [-0.25, -0.2) is 18.6 Å². The zero-order chi connectivity index (χ0) is 26.7. The van der Waals surface area contributed by atoms with Gasteiger partial charge >= 0.3 is 6.03 Å². The number of benzene rings is 2. The van der Waals surface area contributed by atoms with Gasteiger partial charge in [-0.15, -0.1) is 0 Å². The molecule has 2 heterocycles. The maximum Gasteiger partial charge on any atom is 0.334 e. The smallest absolute Gasteiger partial charge is 0.334 e. The molecule has 0 spiro atoms. The van der Waals surface area contributed by atoms with E-state index in [1.165, 1.54) is 17.2 Å². The fourth-order valence-corrected chi connectivity index (χ4v) is 4.22. The van der Waals surface area contributed by atoms with Crippen molar-refractivity contribution in [3.8, 4) is 17.2 Å². The summed E-state index contributed by atoms with van der Waals surface area (Å²) in [4.78, 5) is 31.1. The van der Waals surface area contributed by atoms with Crippen molar-refractivity contribution in [3.63, 3.8) is 0 Å². The van der Waals surface area contributed by atoms with E-state index in [0.717, 1.165) is 17.0 Å². The molecule has 1 aliphatic heterocycles. The molecule has 0 atom stereocenters. The minimum Gasteiger partial charge on any atom is -0.384 e. The van der Waals surface area contributed by atoms with Crippen molar-refractivity contribution in [2.45, 2.75) is 6.92 Å². The molecule has 3 aromatic rings. The molecule has 0 bridgehead atoms. The molecule has 0 radical (unpaired) electrons. The molecule has 3 amide bonds. The van der Waals surface area contributed by atoms with E-state index in [1.54, 1.807) is 25.1 Å². The maximum atomic E-state index is 15.5. The number of carbonyl (C=O) groups excluding carboxylic acids is 2. The van der Waals surface area contributed by atoms with E-state index in [-0.39, 0.29) is 42.4 Å². The molecule has 1 aromatic heterocycles. The lowest BCUT2D eigenvalue weighted by Gasteiger charge is -2.28. The average molecular weight is 526 g/mol. The topological polar surface area (TPSA) is 127 Å². The minimum absolute atomic E-state index is 0.0269. The van der Waals surface area contributed by atoms with Gasteiger partial charge in [-0.05, 0) is 37.3 Å². The van der Waals surface area contributed by atoms with Crippen molar-refractivity contribution < 1.29 is 18.4 Å². The summed E-state index contributed by atoms with van der Waals surface area (Å²) in [5, 5.41) is 15.4. The third-order valence-electron chi connectivity index (χ3n) is 5.66. The highest BCUT2D eigenvalue weighted by Crippen LogP contribution is 2.45. The molecular weight excluding hydrogens is 504 g/mol. The number of carbonyl (C=O) groups is 2. The zero-order valence-corrected chi connectivity index (χ0v) is 20.4. The van der Waals surface area contributed by atoms with Crippen molar-refractivity contribution in [2.24, 2.45) is 5.73 Å². The first-order valence-electron chi connectivity index (χ1n) is 11.3. The van der Waals surface area contributed by atoms with Gasteiger partial charge in [-0.3, -0.25) is 14.6 Å². The molecule has 1 aliphatic rings. The lowest BCUT2D eigenvalue weighted by molar-refractivity contribution is -0.117. The fourth-order valence-electron chi connectivity index (χ4n) is 4.06. The molecule has 0 fully saturated rings. The van der Waals surface area contributed by atoms with Crippen LogP contribution in [-0.4, -0.2) is 43.1 Å². The van der Waals surface area contributed by atoms with Crippen molar-refractivity contribution in [3.05, 3.63) is 64.8 Å². The number of nitrogens with zero attached hydrogens (tertiary/aromatic N) is 4. The van der Waals surface area contributed by atoms with E-state index in [2.05, 4.69) is 15.6 Å². The van der Waals surface area contributed by atoms with Gasteiger partial charge < -0.3 is 16.4 Å². The van der Waals surface area contributed by atoms with Gasteiger partial charge in [0.2, 0.25) is 5.91 Å². The second-order valence-electron chi connectivity index (χ2n) is 8.09. The Balaban J connectivity index is 1.80. The van der Waals surface area contributed by atoms with Gasteiger partial charge in [0.15, 0.2) is 11.6 Å². The number of fused-ring (bicyclic) bond motifs is 3. The van der Waals surface area contributed by atoms with Crippen LogP contribution in [0.2, 0.25) is 5.02 Å². The largest absolute Gasteiger partial charge is 0.384 e. The van der Waals surface area contributed by atoms with E-state index >= 15 is 8.78 Å².